The van der Waals surface area contributed by atoms with Gasteiger partial charge in [0, 0.05) is 18.8 Å². The van der Waals surface area contributed by atoms with Crippen LogP contribution in [0.25, 0.3) is 0 Å². The Kier molecular flexibility index (Phi) is 4.98. The fraction of sp³-hybridized carbons (Fsp3) is 0.583. The lowest BCUT2D eigenvalue weighted by Gasteiger charge is -2.10. The summed E-state index contributed by atoms with van der Waals surface area (Å²) in [5, 5.41) is 3.39. The lowest BCUT2D eigenvalue weighted by atomic mass is 10.2. The van der Waals surface area contributed by atoms with E-state index in [1.54, 1.807) is 13.0 Å². The number of hydrogen-bond acceptors (Lipinski definition) is 5. The van der Waals surface area contributed by atoms with E-state index in [1.165, 1.54) is 11.8 Å². The van der Waals surface area contributed by atoms with Crippen LogP contribution in [0.3, 0.4) is 0 Å². The van der Waals surface area contributed by atoms with Crippen LogP contribution in [-0.2, 0) is 9.53 Å². The molecule has 0 saturated carbocycles. The molecule has 0 bridgehead atoms. The molecular weight excluding hydrogens is 266 g/mol. The summed E-state index contributed by atoms with van der Waals surface area (Å²) < 4.78 is 5.42. The molecule has 7 heteroatoms. The van der Waals surface area contributed by atoms with Gasteiger partial charge in [-0.2, -0.15) is 4.98 Å². The Labute approximate surface area is 115 Å². The van der Waals surface area contributed by atoms with Crippen LogP contribution in [0.5, 0.6) is 0 Å². The van der Waals surface area contributed by atoms with E-state index < -0.39 is 0 Å². The summed E-state index contributed by atoms with van der Waals surface area (Å²) in [4.78, 5) is 29.2. The topological polar surface area (TPSA) is 84.1 Å². The van der Waals surface area contributed by atoms with E-state index in [9.17, 15) is 9.59 Å². The Balaban J connectivity index is 1.74. The van der Waals surface area contributed by atoms with Gasteiger partial charge in [-0.05, 0) is 25.8 Å². The highest BCUT2D eigenvalue weighted by Gasteiger charge is 2.16. The summed E-state index contributed by atoms with van der Waals surface area (Å²) in [6.45, 7) is 3.12. The molecule has 1 amide bonds. The van der Waals surface area contributed by atoms with Gasteiger partial charge in [0.15, 0.2) is 0 Å². The number of aryl methyl sites for hydroxylation is 1. The smallest absolute Gasteiger partial charge is 0.346 e. The predicted molar refractivity (Wildman–Crippen MR) is 72.3 cm³/mol. The number of thioether (sulfide) groups is 1. The van der Waals surface area contributed by atoms with Gasteiger partial charge in [-0.1, -0.05) is 11.8 Å². The van der Waals surface area contributed by atoms with Crippen molar-refractivity contribution in [3.63, 3.8) is 0 Å². The van der Waals surface area contributed by atoms with Gasteiger partial charge >= 0.3 is 5.69 Å². The minimum Gasteiger partial charge on any atom is -0.376 e. The summed E-state index contributed by atoms with van der Waals surface area (Å²) in [6, 6.07) is 1.75. The molecule has 19 heavy (non-hydrogen) atoms. The van der Waals surface area contributed by atoms with Crippen LogP contribution in [0, 0.1) is 6.92 Å². The predicted octanol–water partition coefficient (Wildman–Crippen LogP) is 0.466. The third kappa shape index (κ3) is 4.68. The van der Waals surface area contributed by atoms with Crippen LogP contribution in [0.2, 0.25) is 0 Å². The zero-order valence-corrected chi connectivity index (χ0v) is 11.6. The van der Waals surface area contributed by atoms with E-state index in [1.807, 2.05) is 0 Å². The number of rotatable bonds is 5. The zero-order valence-electron chi connectivity index (χ0n) is 10.8. The Morgan fingerprint density at radius 3 is 3.21 bits per heavy atom. The average molecular weight is 283 g/mol. The molecule has 0 radical (unpaired) electrons. The normalized spacial score (nSPS) is 18.5. The molecule has 1 aromatic rings. The first kappa shape index (κ1) is 14.1. The average Bonchev–Trinajstić information content (AvgIpc) is 2.86. The van der Waals surface area contributed by atoms with Crippen molar-refractivity contribution in [2.75, 3.05) is 18.9 Å². The second-order valence-electron chi connectivity index (χ2n) is 4.44. The first-order chi connectivity index (χ1) is 9.13. The number of amides is 1. The van der Waals surface area contributed by atoms with E-state index in [2.05, 4.69) is 15.3 Å². The van der Waals surface area contributed by atoms with Gasteiger partial charge in [0.1, 0.15) is 5.03 Å². The Morgan fingerprint density at radius 1 is 1.68 bits per heavy atom. The number of nitrogens with one attached hydrogen (secondary N) is 2. The molecule has 1 unspecified atom stereocenters. The number of aromatic amines is 1. The molecule has 2 rings (SSSR count). The lowest BCUT2D eigenvalue weighted by molar-refractivity contribution is -0.119. The van der Waals surface area contributed by atoms with Gasteiger partial charge in [0.05, 0.1) is 11.9 Å². The third-order valence-corrected chi connectivity index (χ3v) is 3.67. The van der Waals surface area contributed by atoms with E-state index in [4.69, 9.17) is 4.74 Å². The molecule has 6 nitrogen and oxygen atoms in total. The number of carbonyl (C=O) groups is 1. The van der Waals surface area contributed by atoms with Crippen LogP contribution in [-0.4, -0.2) is 40.9 Å². The quantitative estimate of drug-likeness (QED) is 0.606. The van der Waals surface area contributed by atoms with Crippen molar-refractivity contribution in [1.29, 1.82) is 0 Å². The van der Waals surface area contributed by atoms with Gasteiger partial charge < -0.3 is 15.0 Å². The summed E-state index contributed by atoms with van der Waals surface area (Å²) in [6.07, 6.45) is 2.21. The van der Waals surface area contributed by atoms with Crippen LogP contribution >= 0.6 is 11.8 Å². The van der Waals surface area contributed by atoms with Gasteiger partial charge in [-0.25, -0.2) is 4.79 Å². The molecule has 2 N–H and O–H groups in total. The standard InChI is InChI=1S/C12H17N3O3S/c1-8-5-11(15-12(17)14-8)19-7-10(16)13-6-9-3-2-4-18-9/h5,9H,2-4,6-7H2,1H3,(H,13,16)(H,14,15,17). The molecule has 1 aliphatic heterocycles. The highest BCUT2D eigenvalue weighted by Crippen LogP contribution is 2.14. The molecule has 1 atom stereocenters. The largest absolute Gasteiger partial charge is 0.376 e. The van der Waals surface area contributed by atoms with Crippen molar-refractivity contribution in [2.24, 2.45) is 0 Å². The number of H-pyrrole nitrogens is 1. The minimum atomic E-state index is -0.387. The van der Waals surface area contributed by atoms with Crippen molar-refractivity contribution in [3.05, 3.63) is 22.2 Å². The number of hydrogen-bond donors (Lipinski definition) is 2. The Hall–Kier alpha value is -1.34. The SMILES string of the molecule is Cc1cc(SCC(=O)NCC2CCCO2)nc(=O)[nH]1. The molecule has 1 fully saturated rings. The van der Waals surface area contributed by atoms with Crippen molar-refractivity contribution in [1.82, 2.24) is 15.3 Å². The molecule has 1 aliphatic rings. The number of carbonyl (C=O) groups excluding carboxylic acids is 1. The molecular formula is C12H17N3O3S. The molecule has 0 aliphatic carbocycles. The summed E-state index contributed by atoms with van der Waals surface area (Å²) in [7, 11) is 0. The summed E-state index contributed by atoms with van der Waals surface area (Å²) >= 11 is 1.26. The lowest BCUT2D eigenvalue weighted by Crippen LogP contribution is -2.32. The van der Waals surface area contributed by atoms with Crippen LogP contribution in [0.15, 0.2) is 15.9 Å². The molecule has 104 valence electrons. The Bertz CT molecular complexity index is 497. The Morgan fingerprint density at radius 2 is 2.53 bits per heavy atom. The van der Waals surface area contributed by atoms with E-state index in [0.29, 0.717) is 11.6 Å². The molecule has 1 aromatic heterocycles. The third-order valence-electron chi connectivity index (χ3n) is 2.76. The maximum Gasteiger partial charge on any atom is 0.346 e. The molecule has 2 heterocycles. The van der Waals surface area contributed by atoms with Crippen molar-refractivity contribution >= 4 is 17.7 Å². The fourth-order valence-corrected chi connectivity index (χ4v) is 2.64. The maximum absolute atomic E-state index is 11.6. The highest BCUT2D eigenvalue weighted by molar-refractivity contribution is 7.99. The molecule has 0 aromatic carbocycles. The summed E-state index contributed by atoms with van der Waals surface area (Å²) in [5.41, 5.74) is 0.351. The number of nitrogens with zero attached hydrogens (tertiary/aromatic N) is 1. The zero-order chi connectivity index (χ0) is 13.7. The van der Waals surface area contributed by atoms with Crippen LogP contribution in [0.4, 0.5) is 0 Å². The van der Waals surface area contributed by atoms with Gasteiger partial charge in [-0.15, -0.1) is 0 Å². The van der Waals surface area contributed by atoms with Crippen molar-refractivity contribution in [3.8, 4) is 0 Å². The maximum atomic E-state index is 11.6. The van der Waals surface area contributed by atoms with Crippen LogP contribution in [0.1, 0.15) is 18.5 Å². The molecule has 1 saturated heterocycles. The van der Waals surface area contributed by atoms with Gasteiger partial charge in [-0.3, -0.25) is 4.79 Å². The number of aromatic nitrogens is 2. The van der Waals surface area contributed by atoms with Crippen molar-refractivity contribution in [2.45, 2.75) is 30.9 Å². The fourth-order valence-electron chi connectivity index (χ4n) is 1.85. The van der Waals surface area contributed by atoms with E-state index >= 15 is 0 Å². The first-order valence-corrected chi connectivity index (χ1v) is 7.21. The highest BCUT2D eigenvalue weighted by atomic mass is 32.2. The summed E-state index contributed by atoms with van der Waals surface area (Å²) in [5.74, 6) is 0.183. The van der Waals surface area contributed by atoms with E-state index in [0.717, 1.165) is 25.1 Å². The minimum absolute atomic E-state index is 0.0692. The second kappa shape index (κ2) is 6.72. The second-order valence-corrected chi connectivity index (χ2v) is 5.43. The van der Waals surface area contributed by atoms with Gasteiger partial charge in [0.25, 0.3) is 0 Å². The van der Waals surface area contributed by atoms with Crippen LogP contribution < -0.4 is 11.0 Å². The molecule has 0 spiro atoms. The monoisotopic (exact) mass is 283 g/mol. The van der Waals surface area contributed by atoms with Crippen molar-refractivity contribution < 1.29 is 9.53 Å². The number of ether oxygens (including phenoxy) is 1. The first-order valence-electron chi connectivity index (χ1n) is 6.22. The van der Waals surface area contributed by atoms with Gasteiger partial charge in [0.2, 0.25) is 5.91 Å². The van der Waals surface area contributed by atoms with E-state index in [-0.39, 0.29) is 23.5 Å².